The predicted molar refractivity (Wildman–Crippen MR) is 62.1 cm³/mol. The zero-order valence-electron chi connectivity index (χ0n) is 8.08. The van der Waals surface area contributed by atoms with Crippen LogP contribution in [0.1, 0.15) is 10.4 Å². The van der Waals surface area contributed by atoms with E-state index in [1.807, 2.05) is 6.07 Å². The smallest absolute Gasteiger partial charge is 0.255 e. The number of rotatable bonds is 3. The first-order chi connectivity index (χ1) is 7.00. The maximum atomic E-state index is 12.0. The second-order valence-corrected chi connectivity index (χ2v) is 4.33. The minimum absolute atomic E-state index is 0.381. The minimum Gasteiger partial charge on any atom is -0.336 e. The molecule has 0 saturated carbocycles. The van der Waals surface area contributed by atoms with E-state index in [4.69, 9.17) is 0 Å². The van der Waals surface area contributed by atoms with Crippen LogP contribution in [0.25, 0.3) is 0 Å². The molecule has 1 aromatic carbocycles. The molecular weight excluding hydrogens is 315 g/mol. The quantitative estimate of drug-likeness (QED) is 0.783. The fourth-order valence-corrected chi connectivity index (χ4v) is 1.67. The van der Waals surface area contributed by atoms with E-state index in [2.05, 4.69) is 22.6 Å². The summed E-state index contributed by atoms with van der Waals surface area (Å²) in [5, 5.41) is 0. The number of amides is 1. The number of nitrogens with zero attached hydrogens (tertiary/aromatic N) is 1. The van der Waals surface area contributed by atoms with Crippen LogP contribution in [0.4, 0.5) is 8.78 Å². The second kappa shape index (κ2) is 5.39. The van der Waals surface area contributed by atoms with Crippen molar-refractivity contribution in [1.29, 1.82) is 0 Å². The molecule has 0 aliphatic rings. The summed E-state index contributed by atoms with van der Waals surface area (Å²) in [5.74, 6) is -0.381. The Kier molecular flexibility index (Phi) is 4.44. The topological polar surface area (TPSA) is 20.3 Å². The first kappa shape index (κ1) is 12.4. The highest BCUT2D eigenvalue weighted by atomic mass is 127. The first-order valence-corrected chi connectivity index (χ1v) is 5.37. The fraction of sp³-hybridized carbons (Fsp3) is 0.300. The normalized spacial score (nSPS) is 10.5. The van der Waals surface area contributed by atoms with Crippen molar-refractivity contribution < 1.29 is 13.6 Å². The highest BCUT2D eigenvalue weighted by Gasteiger charge is 2.15. The lowest BCUT2D eigenvalue weighted by Gasteiger charge is -2.16. The van der Waals surface area contributed by atoms with E-state index < -0.39 is 13.0 Å². The van der Waals surface area contributed by atoms with Gasteiger partial charge in [-0.1, -0.05) is 6.07 Å². The van der Waals surface area contributed by atoms with Crippen LogP contribution < -0.4 is 0 Å². The summed E-state index contributed by atoms with van der Waals surface area (Å²) in [6.07, 6.45) is -2.50. The van der Waals surface area contributed by atoms with Crippen molar-refractivity contribution in [2.45, 2.75) is 6.43 Å². The zero-order valence-corrected chi connectivity index (χ0v) is 10.2. The van der Waals surface area contributed by atoms with Crippen molar-refractivity contribution in [2.75, 3.05) is 13.6 Å². The van der Waals surface area contributed by atoms with E-state index in [-0.39, 0.29) is 5.91 Å². The lowest BCUT2D eigenvalue weighted by atomic mass is 10.2. The minimum atomic E-state index is -2.50. The van der Waals surface area contributed by atoms with Gasteiger partial charge in [-0.25, -0.2) is 8.78 Å². The monoisotopic (exact) mass is 325 g/mol. The summed E-state index contributed by atoms with van der Waals surface area (Å²) in [5.41, 5.74) is 0.435. The Balaban J connectivity index is 2.76. The maximum absolute atomic E-state index is 12.0. The van der Waals surface area contributed by atoms with Gasteiger partial charge in [0, 0.05) is 16.2 Å². The number of carbonyl (C=O) groups is 1. The van der Waals surface area contributed by atoms with Gasteiger partial charge in [-0.15, -0.1) is 0 Å². The highest BCUT2D eigenvalue weighted by molar-refractivity contribution is 14.1. The van der Waals surface area contributed by atoms with Crippen LogP contribution in [0.2, 0.25) is 0 Å². The summed E-state index contributed by atoms with van der Waals surface area (Å²) in [4.78, 5) is 12.6. The van der Waals surface area contributed by atoms with Gasteiger partial charge < -0.3 is 4.90 Å². The van der Waals surface area contributed by atoms with Crippen LogP contribution in [0.3, 0.4) is 0 Å². The van der Waals surface area contributed by atoms with E-state index >= 15 is 0 Å². The van der Waals surface area contributed by atoms with Gasteiger partial charge in [-0.3, -0.25) is 4.79 Å². The van der Waals surface area contributed by atoms with E-state index in [9.17, 15) is 13.6 Å². The third-order valence-corrected chi connectivity index (χ3v) is 2.50. The molecule has 0 radical (unpaired) electrons. The number of carbonyl (C=O) groups excluding carboxylic acids is 1. The number of alkyl halides is 2. The Labute approximate surface area is 100 Å². The Bertz CT molecular complexity index is 357. The third-order valence-electron chi connectivity index (χ3n) is 1.83. The van der Waals surface area contributed by atoms with Gasteiger partial charge in [0.05, 0.1) is 6.54 Å². The van der Waals surface area contributed by atoms with Gasteiger partial charge in [-0.05, 0) is 40.8 Å². The van der Waals surface area contributed by atoms with Crippen molar-refractivity contribution in [3.05, 3.63) is 33.4 Å². The molecular formula is C10H10F2INO. The Morgan fingerprint density at radius 2 is 2.20 bits per heavy atom. The lowest BCUT2D eigenvalue weighted by molar-refractivity contribution is 0.0620. The largest absolute Gasteiger partial charge is 0.336 e. The van der Waals surface area contributed by atoms with Crippen LogP contribution >= 0.6 is 22.6 Å². The summed E-state index contributed by atoms with van der Waals surface area (Å²) >= 11 is 2.07. The molecule has 5 heteroatoms. The third kappa shape index (κ3) is 3.73. The number of benzene rings is 1. The molecule has 0 aromatic heterocycles. The zero-order chi connectivity index (χ0) is 11.4. The molecule has 0 heterocycles. The van der Waals surface area contributed by atoms with Crippen molar-refractivity contribution in [1.82, 2.24) is 4.90 Å². The standard InChI is InChI=1S/C10H10F2INO/c1-14(6-9(11)12)10(15)7-3-2-4-8(13)5-7/h2-5,9H,6H2,1H3. The molecule has 0 unspecified atom stereocenters. The molecule has 0 aliphatic heterocycles. The Morgan fingerprint density at radius 3 is 2.73 bits per heavy atom. The van der Waals surface area contributed by atoms with Crippen LogP contribution in [0, 0.1) is 3.57 Å². The lowest BCUT2D eigenvalue weighted by Crippen LogP contribution is -2.31. The van der Waals surface area contributed by atoms with Crippen LogP contribution in [-0.4, -0.2) is 30.8 Å². The average Bonchev–Trinajstić information content (AvgIpc) is 2.15. The predicted octanol–water partition coefficient (Wildman–Crippen LogP) is 2.63. The Hall–Kier alpha value is -0.720. The molecule has 1 rings (SSSR count). The van der Waals surface area contributed by atoms with E-state index in [1.54, 1.807) is 18.2 Å². The number of halogens is 3. The van der Waals surface area contributed by atoms with E-state index in [0.29, 0.717) is 5.56 Å². The van der Waals surface area contributed by atoms with Gasteiger partial charge in [0.2, 0.25) is 0 Å². The van der Waals surface area contributed by atoms with Crippen LogP contribution in [0.15, 0.2) is 24.3 Å². The van der Waals surface area contributed by atoms with Crippen molar-refractivity contribution in [3.63, 3.8) is 0 Å². The molecule has 0 N–H and O–H groups in total. The van der Waals surface area contributed by atoms with E-state index in [1.165, 1.54) is 7.05 Å². The molecule has 1 aromatic rings. The SMILES string of the molecule is CN(CC(F)F)C(=O)c1cccc(I)c1. The summed E-state index contributed by atoms with van der Waals surface area (Å²) < 4.78 is 25.0. The molecule has 15 heavy (non-hydrogen) atoms. The average molecular weight is 325 g/mol. The molecule has 2 nitrogen and oxygen atoms in total. The number of hydrogen-bond donors (Lipinski definition) is 0. The van der Waals surface area contributed by atoms with Gasteiger partial charge in [0.1, 0.15) is 0 Å². The van der Waals surface area contributed by atoms with E-state index in [0.717, 1.165) is 8.47 Å². The second-order valence-electron chi connectivity index (χ2n) is 3.09. The fourth-order valence-electron chi connectivity index (χ4n) is 1.13. The first-order valence-electron chi connectivity index (χ1n) is 4.30. The molecule has 0 atom stereocenters. The van der Waals surface area contributed by atoms with Gasteiger partial charge >= 0.3 is 0 Å². The molecule has 0 saturated heterocycles. The van der Waals surface area contributed by atoms with Gasteiger partial charge in [-0.2, -0.15) is 0 Å². The number of hydrogen-bond acceptors (Lipinski definition) is 1. The molecule has 0 fully saturated rings. The van der Waals surface area contributed by atoms with Gasteiger partial charge in [0.15, 0.2) is 0 Å². The van der Waals surface area contributed by atoms with Crippen LogP contribution in [0.5, 0.6) is 0 Å². The molecule has 1 amide bonds. The molecule has 0 spiro atoms. The van der Waals surface area contributed by atoms with Crippen molar-refractivity contribution >= 4 is 28.5 Å². The molecule has 0 bridgehead atoms. The van der Waals surface area contributed by atoms with Gasteiger partial charge in [0.25, 0.3) is 12.3 Å². The molecule has 82 valence electrons. The van der Waals surface area contributed by atoms with Crippen molar-refractivity contribution in [3.8, 4) is 0 Å². The highest BCUT2D eigenvalue weighted by Crippen LogP contribution is 2.10. The van der Waals surface area contributed by atoms with Crippen molar-refractivity contribution in [2.24, 2.45) is 0 Å². The summed E-state index contributed by atoms with van der Waals surface area (Å²) in [7, 11) is 1.37. The summed E-state index contributed by atoms with van der Waals surface area (Å²) in [6, 6.07) is 6.85. The van der Waals surface area contributed by atoms with Crippen LogP contribution in [-0.2, 0) is 0 Å². The Morgan fingerprint density at radius 1 is 1.53 bits per heavy atom. The summed E-state index contributed by atoms with van der Waals surface area (Å²) in [6.45, 7) is -0.537. The molecule has 0 aliphatic carbocycles. The maximum Gasteiger partial charge on any atom is 0.255 e.